The van der Waals surface area contributed by atoms with E-state index in [-0.39, 0.29) is 6.42 Å². The Morgan fingerprint density at radius 2 is 1.88 bits per heavy atom. The van der Waals surface area contributed by atoms with E-state index >= 15 is 0 Å². The highest BCUT2D eigenvalue weighted by molar-refractivity contribution is 5.89. The second kappa shape index (κ2) is 5.62. The molecule has 2 atom stereocenters. The van der Waals surface area contributed by atoms with Crippen LogP contribution in [0.1, 0.15) is 13.3 Å². The first-order chi connectivity index (χ1) is 7.29. The fourth-order valence-corrected chi connectivity index (χ4v) is 1.22. The Bertz CT molecular complexity index is 298. The van der Waals surface area contributed by atoms with Gasteiger partial charge in [-0.1, -0.05) is 5.57 Å². The highest BCUT2D eigenvalue weighted by Crippen LogP contribution is 2.22. The van der Waals surface area contributed by atoms with Gasteiger partial charge in [0.25, 0.3) is 0 Å². The summed E-state index contributed by atoms with van der Waals surface area (Å²) in [6.45, 7) is 5.03. The molecule has 0 amide bonds. The van der Waals surface area contributed by atoms with E-state index in [4.69, 9.17) is 0 Å². The summed E-state index contributed by atoms with van der Waals surface area (Å²) in [7, 11) is 2.07. The Morgan fingerprint density at radius 1 is 1.38 bits per heavy atom. The van der Waals surface area contributed by atoms with Gasteiger partial charge in [-0.15, -0.1) is 6.58 Å². The standard InChI is InChI=1S/C10H16O6/c1-6(2)5-10(14,9(13)16-4)7(11)8(12)15-3/h7,11,14H,1,5H2,2-4H3/t7-,10-/m1/s1. The molecule has 0 aromatic heterocycles. The van der Waals surface area contributed by atoms with Crippen LogP contribution in [0.15, 0.2) is 12.2 Å². The van der Waals surface area contributed by atoms with Crippen molar-refractivity contribution >= 4 is 11.9 Å². The van der Waals surface area contributed by atoms with Crippen LogP contribution in [0, 0.1) is 0 Å². The fraction of sp³-hybridized carbons (Fsp3) is 0.600. The van der Waals surface area contributed by atoms with Gasteiger partial charge < -0.3 is 19.7 Å². The average Bonchev–Trinajstić information content (AvgIpc) is 2.24. The van der Waals surface area contributed by atoms with Crippen molar-refractivity contribution in [1.29, 1.82) is 0 Å². The van der Waals surface area contributed by atoms with E-state index in [9.17, 15) is 19.8 Å². The number of aliphatic hydroxyl groups is 2. The SMILES string of the molecule is C=C(C)C[C@](O)(C(=O)OC)[C@H](O)C(=O)OC. The zero-order valence-electron chi connectivity index (χ0n) is 9.52. The molecule has 0 aromatic rings. The van der Waals surface area contributed by atoms with Crippen molar-refractivity contribution in [2.75, 3.05) is 14.2 Å². The first-order valence-corrected chi connectivity index (χ1v) is 4.50. The van der Waals surface area contributed by atoms with E-state index in [2.05, 4.69) is 16.1 Å². The normalized spacial score (nSPS) is 15.8. The molecule has 0 saturated carbocycles. The Labute approximate surface area is 93.5 Å². The number of methoxy groups -OCH3 is 2. The van der Waals surface area contributed by atoms with Crippen molar-refractivity contribution in [3.63, 3.8) is 0 Å². The highest BCUT2D eigenvalue weighted by atomic mass is 16.6. The van der Waals surface area contributed by atoms with Gasteiger partial charge in [0.15, 0.2) is 6.10 Å². The lowest BCUT2D eigenvalue weighted by Gasteiger charge is -2.28. The zero-order valence-corrected chi connectivity index (χ0v) is 9.52. The molecule has 0 bridgehead atoms. The van der Waals surface area contributed by atoms with Gasteiger partial charge in [-0.3, -0.25) is 0 Å². The molecule has 0 aliphatic carbocycles. The predicted octanol–water partition coefficient (Wildman–Crippen LogP) is -0.609. The molecular weight excluding hydrogens is 216 g/mol. The molecule has 6 nitrogen and oxygen atoms in total. The van der Waals surface area contributed by atoms with Crippen LogP contribution in [-0.2, 0) is 19.1 Å². The number of carbonyl (C=O) groups excluding carboxylic acids is 2. The van der Waals surface area contributed by atoms with Gasteiger partial charge in [0.1, 0.15) is 0 Å². The van der Waals surface area contributed by atoms with Crippen LogP contribution in [0.25, 0.3) is 0 Å². The summed E-state index contributed by atoms with van der Waals surface area (Å²) in [5.74, 6) is -2.23. The number of ether oxygens (including phenoxy) is 2. The number of hydrogen-bond donors (Lipinski definition) is 2. The lowest BCUT2D eigenvalue weighted by Crippen LogP contribution is -2.54. The second-order valence-corrected chi connectivity index (χ2v) is 3.48. The van der Waals surface area contributed by atoms with Crippen LogP contribution in [0.4, 0.5) is 0 Å². The summed E-state index contributed by atoms with van der Waals surface area (Å²) in [6, 6.07) is 0. The molecular formula is C10H16O6. The molecule has 0 heterocycles. The third-order valence-corrected chi connectivity index (χ3v) is 1.99. The Morgan fingerprint density at radius 3 is 2.19 bits per heavy atom. The first-order valence-electron chi connectivity index (χ1n) is 4.50. The van der Waals surface area contributed by atoms with E-state index in [1.165, 1.54) is 6.92 Å². The number of hydrogen-bond acceptors (Lipinski definition) is 6. The predicted molar refractivity (Wildman–Crippen MR) is 54.4 cm³/mol. The summed E-state index contributed by atoms with van der Waals surface area (Å²) in [6.07, 6.45) is -2.31. The lowest BCUT2D eigenvalue weighted by molar-refractivity contribution is -0.186. The molecule has 0 aromatic carbocycles. The van der Waals surface area contributed by atoms with E-state index < -0.39 is 23.6 Å². The fourth-order valence-electron chi connectivity index (χ4n) is 1.22. The highest BCUT2D eigenvalue weighted by Gasteiger charge is 2.48. The summed E-state index contributed by atoms with van der Waals surface area (Å²) in [4.78, 5) is 22.4. The minimum Gasteiger partial charge on any atom is -0.467 e. The van der Waals surface area contributed by atoms with Crippen molar-refractivity contribution in [3.8, 4) is 0 Å². The van der Waals surface area contributed by atoms with Gasteiger partial charge in [-0.25, -0.2) is 9.59 Å². The molecule has 0 spiro atoms. The summed E-state index contributed by atoms with van der Waals surface area (Å²) < 4.78 is 8.58. The van der Waals surface area contributed by atoms with Crippen molar-refractivity contribution in [2.24, 2.45) is 0 Å². The Kier molecular flexibility index (Phi) is 5.13. The van der Waals surface area contributed by atoms with Crippen molar-refractivity contribution in [2.45, 2.75) is 25.0 Å². The molecule has 16 heavy (non-hydrogen) atoms. The monoisotopic (exact) mass is 232 g/mol. The topological polar surface area (TPSA) is 93.1 Å². The van der Waals surface area contributed by atoms with Crippen LogP contribution in [-0.4, -0.2) is 48.1 Å². The maximum absolute atomic E-state index is 11.3. The maximum atomic E-state index is 11.3. The van der Waals surface area contributed by atoms with Crippen molar-refractivity contribution in [3.05, 3.63) is 12.2 Å². The number of aliphatic hydroxyl groups excluding tert-OH is 1. The summed E-state index contributed by atoms with van der Waals surface area (Å²) in [5, 5.41) is 19.5. The van der Waals surface area contributed by atoms with E-state index in [0.29, 0.717) is 5.57 Å². The molecule has 0 fully saturated rings. The van der Waals surface area contributed by atoms with E-state index in [0.717, 1.165) is 14.2 Å². The molecule has 92 valence electrons. The third-order valence-electron chi connectivity index (χ3n) is 1.99. The minimum atomic E-state index is -2.37. The van der Waals surface area contributed by atoms with Gasteiger partial charge in [0.05, 0.1) is 14.2 Å². The molecule has 2 N–H and O–H groups in total. The maximum Gasteiger partial charge on any atom is 0.341 e. The molecule has 6 heteroatoms. The molecule has 0 radical (unpaired) electrons. The molecule has 0 aliphatic heterocycles. The Hall–Kier alpha value is -1.40. The lowest BCUT2D eigenvalue weighted by atomic mass is 9.89. The summed E-state index contributed by atoms with van der Waals surface area (Å²) >= 11 is 0. The second-order valence-electron chi connectivity index (χ2n) is 3.48. The van der Waals surface area contributed by atoms with Crippen molar-refractivity contribution in [1.82, 2.24) is 0 Å². The van der Waals surface area contributed by atoms with E-state index in [1.807, 2.05) is 0 Å². The van der Waals surface area contributed by atoms with Gasteiger partial charge in [0, 0.05) is 6.42 Å². The molecule has 0 unspecified atom stereocenters. The van der Waals surface area contributed by atoms with Crippen LogP contribution >= 0.6 is 0 Å². The van der Waals surface area contributed by atoms with Crippen LogP contribution < -0.4 is 0 Å². The number of carbonyl (C=O) groups is 2. The quantitative estimate of drug-likeness (QED) is 0.485. The Balaban J connectivity index is 5.13. The van der Waals surface area contributed by atoms with Crippen LogP contribution in [0.5, 0.6) is 0 Å². The number of rotatable bonds is 5. The zero-order chi connectivity index (χ0) is 12.9. The van der Waals surface area contributed by atoms with Gasteiger partial charge in [0.2, 0.25) is 5.60 Å². The van der Waals surface area contributed by atoms with Crippen molar-refractivity contribution < 1.29 is 29.3 Å². The molecule has 0 aliphatic rings. The third kappa shape index (κ3) is 3.04. The smallest absolute Gasteiger partial charge is 0.341 e. The largest absolute Gasteiger partial charge is 0.467 e. The summed E-state index contributed by atoms with van der Waals surface area (Å²) in [5.41, 5.74) is -1.95. The van der Waals surface area contributed by atoms with E-state index in [1.54, 1.807) is 0 Å². The minimum absolute atomic E-state index is 0.296. The number of esters is 2. The molecule has 0 rings (SSSR count). The van der Waals surface area contributed by atoms with Gasteiger partial charge >= 0.3 is 11.9 Å². The average molecular weight is 232 g/mol. The van der Waals surface area contributed by atoms with Gasteiger partial charge in [-0.05, 0) is 6.92 Å². The van der Waals surface area contributed by atoms with Crippen LogP contribution in [0.3, 0.4) is 0 Å². The van der Waals surface area contributed by atoms with Gasteiger partial charge in [-0.2, -0.15) is 0 Å². The molecule has 0 saturated heterocycles. The van der Waals surface area contributed by atoms with Crippen LogP contribution in [0.2, 0.25) is 0 Å². The first kappa shape index (κ1) is 14.6.